The van der Waals surface area contributed by atoms with Gasteiger partial charge in [-0.15, -0.1) is 0 Å². The Labute approximate surface area is 213 Å². The molecule has 0 N–H and O–H groups in total. The highest BCUT2D eigenvalue weighted by Gasteiger charge is 2.27. The Hall–Kier alpha value is -2.69. The standard InChI is InChI=1S/C26H25IN4O2S/c1-29-15-17-30(18-16-29)28-19-24-23-9-5-6-10-25(23)31(26(24)20-7-3-2-4-8-20)34(32,33)22-13-11-21(27)12-14-22/h2-14,19H,15-18H2,1H3. The van der Waals surface area contributed by atoms with Crippen LogP contribution in [-0.2, 0) is 10.0 Å². The Morgan fingerprint density at radius 1 is 0.853 bits per heavy atom. The van der Waals surface area contributed by atoms with Gasteiger partial charge in [-0.1, -0.05) is 48.5 Å². The number of likely N-dealkylation sites (N-methyl/N-ethyl adjacent to an activating group) is 1. The third kappa shape index (κ3) is 4.37. The summed E-state index contributed by atoms with van der Waals surface area (Å²) in [5.74, 6) is 0. The van der Waals surface area contributed by atoms with Crippen molar-refractivity contribution < 1.29 is 8.42 Å². The topological polar surface area (TPSA) is 57.9 Å². The van der Waals surface area contributed by atoms with Gasteiger partial charge in [-0.05, 0) is 65.5 Å². The van der Waals surface area contributed by atoms with E-state index in [1.165, 1.54) is 3.97 Å². The summed E-state index contributed by atoms with van der Waals surface area (Å²) in [4.78, 5) is 2.54. The number of hydrazone groups is 1. The molecule has 1 aromatic heterocycles. The van der Waals surface area contributed by atoms with Gasteiger partial charge in [0.25, 0.3) is 10.0 Å². The third-order valence-corrected chi connectivity index (χ3v) is 8.55. The van der Waals surface area contributed by atoms with Crippen LogP contribution in [0.15, 0.2) is 88.9 Å². The number of hydrogen-bond donors (Lipinski definition) is 0. The number of nitrogens with zero attached hydrogens (tertiary/aromatic N) is 4. The van der Waals surface area contributed by atoms with Crippen LogP contribution < -0.4 is 0 Å². The van der Waals surface area contributed by atoms with Crippen molar-refractivity contribution in [1.29, 1.82) is 0 Å². The smallest absolute Gasteiger partial charge is 0.268 e. The molecule has 0 atom stereocenters. The van der Waals surface area contributed by atoms with Gasteiger partial charge in [0.15, 0.2) is 0 Å². The molecule has 0 amide bonds. The van der Waals surface area contributed by atoms with Gasteiger partial charge in [0.05, 0.1) is 22.3 Å². The highest BCUT2D eigenvalue weighted by molar-refractivity contribution is 14.1. The van der Waals surface area contributed by atoms with Gasteiger partial charge in [0.2, 0.25) is 0 Å². The van der Waals surface area contributed by atoms with Crippen LogP contribution in [0.1, 0.15) is 5.56 Å². The highest BCUT2D eigenvalue weighted by Crippen LogP contribution is 2.36. The molecule has 1 aliphatic heterocycles. The minimum absolute atomic E-state index is 0.258. The fraction of sp³-hybridized carbons (Fsp3) is 0.192. The lowest BCUT2D eigenvalue weighted by atomic mass is 10.1. The Morgan fingerprint density at radius 3 is 2.21 bits per heavy atom. The number of aromatic nitrogens is 1. The molecular formula is C26H25IN4O2S. The third-order valence-electron chi connectivity index (χ3n) is 6.10. The molecule has 6 nitrogen and oxygen atoms in total. The molecule has 1 saturated heterocycles. The second-order valence-corrected chi connectivity index (χ2v) is 11.4. The normalized spacial score (nSPS) is 15.4. The first-order chi connectivity index (χ1) is 16.4. The van der Waals surface area contributed by atoms with E-state index < -0.39 is 10.0 Å². The zero-order valence-corrected chi connectivity index (χ0v) is 21.8. The van der Waals surface area contributed by atoms with Crippen molar-refractivity contribution in [2.45, 2.75) is 4.90 Å². The van der Waals surface area contributed by atoms with E-state index in [0.717, 1.165) is 46.3 Å². The molecule has 2 heterocycles. The summed E-state index contributed by atoms with van der Waals surface area (Å²) in [7, 11) is -1.75. The summed E-state index contributed by atoms with van der Waals surface area (Å²) in [6.45, 7) is 3.58. The fourth-order valence-corrected chi connectivity index (χ4v) is 6.16. The van der Waals surface area contributed by atoms with Gasteiger partial charge < -0.3 is 4.90 Å². The monoisotopic (exact) mass is 584 g/mol. The maximum atomic E-state index is 14.0. The first-order valence-corrected chi connectivity index (χ1v) is 13.6. The Morgan fingerprint density at radius 2 is 1.50 bits per heavy atom. The first-order valence-electron chi connectivity index (χ1n) is 11.1. The van der Waals surface area contributed by atoms with E-state index >= 15 is 0 Å². The van der Waals surface area contributed by atoms with Crippen LogP contribution in [0, 0.1) is 3.57 Å². The van der Waals surface area contributed by atoms with Crippen LogP contribution >= 0.6 is 22.6 Å². The van der Waals surface area contributed by atoms with E-state index in [9.17, 15) is 8.42 Å². The Balaban J connectivity index is 1.75. The molecule has 0 spiro atoms. The molecule has 0 bridgehead atoms. The Bertz CT molecular complexity index is 1440. The van der Waals surface area contributed by atoms with E-state index in [1.807, 2.05) is 72.9 Å². The van der Waals surface area contributed by atoms with Crippen LogP contribution in [0.25, 0.3) is 22.2 Å². The zero-order chi connectivity index (χ0) is 23.7. The van der Waals surface area contributed by atoms with Crippen LogP contribution in [0.3, 0.4) is 0 Å². The molecule has 8 heteroatoms. The number of para-hydroxylation sites is 1. The number of halogens is 1. The van der Waals surface area contributed by atoms with E-state index in [-0.39, 0.29) is 4.90 Å². The molecule has 3 aromatic carbocycles. The summed E-state index contributed by atoms with van der Waals surface area (Å²) < 4.78 is 30.5. The number of piperazine rings is 1. The molecule has 1 aliphatic rings. The molecule has 0 unspecified atom stereocenters. The van der Waals surface area contributed by atoms with Crippen molar-refractivity contribution in [1.82, 2.24) is 13.9 Å². The average molecular weight is 584 g/mol. The van der Waals surface area contributed by atoms with Crippen LogP contribution in [0.4, 0.5) is 0 Å². The van der Waals surface area contributed by atoms with Crippen molar-refractivity contribution in [3.63, 3.8) is 0 Å². The van der Waals surface area contributed by atoms with E-state index in [1.54, 1.807) is 12.1 Å². The summed E-state index contributed by atoms with van der Waals surface area (Å²) in [6.07, 6.45) is 1.83. The van der Waals surface area contributed by atoms with E-state index in [2.05, 4.69) is 39.5 Å². The number of rotatable bonds is 5. The largest absolute Gasteiger partial charge is 0.303 e. The van der Waals surface area contributed by atoms with E-state index in [4.69, 9.17) is 5.10 Å². The minimum Gasteiger partial charge on any atom is -0.303 e. The lowest BCUT2D eigenvalue weighted by molar-refractivity contribution is 0.159. The minimum atomic E-state index is -3.86. The summed E-state index contributed by atoms with van der Waals surface area (Å²) in [6, 6.07) is 24.3. The van der Waals surface area contributed by atoms with Crippen molar-refractivity contribution in [3.8, 4) is 11.3 Å². The van der Waals surface area contributed by atoms with Crippen LogP contribution in [0.2, 0.25) is 0 Å². The summed E-state index contributed by atoms with van der Waals surface area (Å²) >= 11 is 2.18. The predicted molar refractivity (Wildman–Crippen MR) is 146 cm³/mol. The molecule has 34 heavy (non-hydrogen) atoms. The second-order valence-electron chi connectivity index (χ2n) is 8.37. The zero-order valence-electron chi connectivity index (χ0n) is 18.8. The maximum Gasteiger partial charge on any atom is 0.268 e. The first kappa shape index (κ1) is 23.1. The highest BCUT2D eigenvalue weighted by atomic mass is 127. The maximum absolute atomic E-state index is 14.0. The SMILES string of the molecule is CN1CCN(N=Cc2c(-c3ccccc3)n(S(=O)(=O)c3ccc(I)cc3)c3ccccc23)CC1. The van der Waals surface area contributed by atoms with Gasteiger partial charge in [0, 0.05) is 40.7 Å². The lowest BCUT2D eigenvalue weighted by Crippen LogP contribution is -2.41. The van der Waals surface area contributed by atoms with Gasteiger partial charge in [-0.2, -0.15) is 5.10 Å². The summed E-state index contributed by atoms with van der Waals surface area (Å²) in [5.41, 5.74) is 2.89. The number of fused-ring (bicyclic) bond motifs is 1. The molecule has 0 saturated carbocycles. The lowest BCUT2D eigenvalue weighted by Gasteiger charge is -2.30. The van der Waals surface area contributed by atoms with Gasteiger partial charge in [-0.3, -0.25) is 5.01 Å². The molecule has 174 valence electrons. The molecule has 4 aromatic rings. The average Bonchev–Trinajstić information content (AvgIpc) is 3.20. The predicted octanol–water partition coefficient (Wildman–Crippen LogP) is 4.73. The Kier molecular flexibility index (Phi) is 6.46. The molecular weight excluding hydrogens is 559 g/mol. The number of hydrogen-bond acceptors (Lipinski definition) is 5. The van der Waals surface area contributed by atoms with Gasteiger partial charge in [0.1, 0.15) is 0 Å². The van der Waals surface area contributed by atoms with E-state index in [0.29, 0.717) is 11.2 Å². The van der Waals surface area contributed by atoms with Crippen molar-refractivity contribution in [2.75, 3.05) is 33.2 Å². The summed E-state index contributed by atoms with van der Waals surface area (Å²) in [5, 5.41) is 7.68. The second kappa shape index (κ2) is 9.52. The van der Waals surface area contributed by atoms with Crippen molar-refractivity contribution >= 4 is 49.7 Å². The van der Waals surface area contributed by atoms with Gasteiger partial charge in [-0.25, -0.2) is 12.4 Å². The van der Waals surface area contributed by atoms with Crippen molar-refractivity contribution in [2.24, 2.45) is 5.10 Å². The molecule has 0 radical (unpaired) electrons. The van der Waals surface area contributed by atoms with Crippen molar-refractivity contribution in [3.05, 3.63) is 88.0 Å². The van der Waals surface area contributed by atoms with Crippen LogP contribution in [-0.4, -0.2) is 61.7 Å². The fourth-order valence-electron chi connectivity index (χ4n) is 4.25. The number of benzene rings is 3. The quantitative estimate of drug-likeness (QED) is 0.252. The molecule has 5 rings (SSSR count). The van der Waals surface area contributed by atoms with Crippen LogP contribution in [0.5, 0.6) is 0 Å². The molecule has 0 aliphatic carbocycles. The van der Waals surface area contributed by atoms with Gasteiger partial charge >= 0.3 is 0 Å². The molecule has 1 fully saturated rings.